The summed E-state index contributed by atoms with van der Waals surface area (Å²) in [4.78, 5) is 6.82. The third-order valence-corrected chi connectivity index (χ3v) is 1.86. The second kappa shape index (κ2) is 5.39. The number of ether oxygens (including phenoxy) is 1. The summed E-state index contributed by atoms with van der Waals surface area (Å²) >= 11 is 0. The van der Waals surface area contributed by atoms with Gasteiger partial charge in [0.1, 0.15) is 11.6 Å². The van der Waals surface area contributed by atoms with Gasteiger partial charge in [-0.3, -0.25) is 0 Å². The van der Waals surface area contributed by atoms with Crippen LogP contribution >= 0.6 is 0 Å². The summed E-state index contributed by atoms with van der Waals surface area (Å²) < 4.78 is 39.4. The molecule has 0 atom stereocenters. The van der Waals surface area contributed by atoms with Crippen LogP contribution in [0.15, 0.2) is 36.7 Å². The average molecular weight is 355 g/mol. The van der Waals surface area contributed by atoms with E-state index >= 15 is 0 Å². The monoisotopic (exact) mass is 355 g/mol. The molecule has 7 heteroatoms. The van der Waals surface area contributed by atoms with Crippen LogP contribution in [0.25, 0.3) is 11.4 Å². The third-order valence-electron chi connectivity index (χ3n) is 1.86. The van der Waals surface area contributed by atoms with Crippen molar-refractivity contribution in [2.24, 2.45) is 0 Å². The van der Waals surface area contributed by atoms with Gasteiger partial charge in [-0.25, -0.2) is 4.98 Å². The zero-order valence-corrected chi connectivity index (χ0v) is 10.5. The number of rotatable bonds is 2. The van der Waals surface area contributed by atoms with E-state index in [1.54, 1.807) is 12.4 Å². The quantitative estimate of drug-likeness (QED) is 0.770. The number of alkyl halides is 3. The van der Waals surface area contributed by atoms with Gasteiger partial charge in [-0.05, 0) is 24.3 Å². The Balaban J connectivity index is 0.00000144. The van der Waals surface area contributed by atoms with Crippen molar-refractivity contribution >= 4 is 0 Å². The summed E-state index contributed by atoms with van der Waals surface area (Å²) in [5.41, 5.74) is 0.694. The highest BCUT2D eigenvalue weighted by Gasteiger charge is 2.30. The van der Waals surface area contributed by atoms with Gasteiger partial charge in [0, 0.05) is 18.0 Å². The predicted molar refractivity (Wildman–Crippen MR) is 50.7 cm³/mol. The lowest BCUT2D eigenvalue weighted by Crippen LogP contribution is -3.00. The molecule has 2 rings (SSSR count). The Bertz CT molecular complexity index is 453. The van der Waals surface area contributed by atoms with Crippen molar-refractivity contribution in [3.63, 3.8) is 0 Å². The number of imidazole rings is 1. The molecule has 0 saturated heterocycles. The Labute approximate surface area is 112 Å². The standard InChI is InChI=1S/C10H7F3N2O.HI/c11-10(12,13)16-8-3-1-7(2-4-8)9-14-5-6-15-9;/h1-6H,(H,14,15);1H/p-1. The van der Waals surface area contributed by atoms with E-state index in [-0.39, 0.29) is 29.7 Å². The normalized spacial score (nSPS) is 10.8. The van der Waals surface area contributed by atoms with E-state index in [4.69, 9.17) is 0 Å². The van der Waals surface area contributed by atoms with Crippen molar-refractivity contribution in [2.75, 3.05) is 0 Å². The van der Waals surface area contributed by atoms with E-state index in [1.807, 2.05) is 0 Å². The van der Waals surface area contributed by atoms with Crippen LogP contribution in [0, 0.1) is 0 Å². The SMILES string of the molecule is FC(F)(F)Oc1ccc(-c2ncc[nH]2)cc1.[I-]. The molecule has 17 heavy (non-hydrogen) atoms. The maximum Gasteiger partial charge on any atom is 0.573 e. The highest BCUT2D eigenvalue weighted by molar-refractivity contribution is 5.55. The molecule has 0 amide bonds. The first-order valence-electron chi connectivity index (χ1n) is 4.40. The number of nitrogens with zero attached hydrogens (tertiary/aromatic N) is 1. The number of nitrogens with one attached hydrogen (secondary N) is 1. The van der Waals surface area contributed by atoms with Crippen molar-refractivity contribution in [3.8, 4) is 17.1 Å². The number of aromatic nitrogens is 2. The van der Waals surface area contributed by atoms with E-state index in [0.717, 1.165) is 0 Å². The summed E-state index contributed by atoms with van der Waals surface area (Å²) in [7, 11) is 0. The fraction of sp³-hybridized carbons (Fsp3) is 0.100. The highest BCUT2D eigenvalue weighted by atomic mass is 127. The minimum absolute atomic E-state index is 0. The Kier molecular flexibility index (Phi) is 4.38. The molecule has 0 fully saturated rings. The molecule has 1 aromatic heterocycles. The fourth-order valence-electron chi connectivity index (χ4n) is 1.24. The summed E-state index contributed by atoms with van der Waals surface area (Å²) in [6, 6.07) is 5.48. The number of hydrogen-bond donors (Lipinski definition) is 1. The van der Waals surface area contributed by atoms with Crippen molar-refractivity contribution in [1.82, 2.24) is 9.97 Å². The molecule has 0 radical (unpaired) electrons. The van der Waals surface area contributed by atoms with Gasteiger partial charge in [-0.15, -0.1) is 13.2 Å². The van der Waals surface area contributed by atoms with Gasteiger partial charge in [0.05, 0.1) is 0 Å². The van der Waals surface area contributed by atoms with Crippen molar-refractivity contribution in [1.29, 1.82) is 0 Å². The van der Waals surface area contributed by atoms with Crippen LogP contribution in [0.2, 0.25) is 0 Å². The molecule has 1 heterocycles. The second-order valence-corrected chi connectivity index (χ2v) is 3.01. The zero-order valence-electron chi connectivity index (χ0n) is 8.33. The first kappa shape index (κ1) is 13.8. The van der Waals surface area contributed by atoms with Gasteiger partial charge in [-0.1, -0.05) is 0 Å². The molecule has 0 spiro atoms. The van der Waals surface area contributed by atoms with Crippen LogP contribution in [0.3, 0.4) is 0 Å². The smallest absolute Gasteiger partial charge is 0.573 e. The lowest BCUT2D eigenvalue weighted by molar-refractivity contribution is -0.274. The van der Waals surface area contributed by atoms with Gasteiger partial charge in [0.2, 0.25) is 0 Å². The lowest BCUT2D eigenvalue weighted by Gasteiger charge is -2.08. The Hall–Kier alpha value is -1.25. The highest BCUT2D eigenvalue weighted by Crippen LogP contribution is 2.24. The summed E-state index contributed by atoms with van der Waals surface area (Å²) in [6.07, 6.45) is -1.46. The molecule has 2 aromatic rings. The van der Waals surface area contributed by atoms with E-state index in [0.29, 0.717) is 11.4 Å². The predicted octanol–water partition coefficient (Wildman–Crippen LogP) is -0.0207. The van der Waals surface area contributed by atoms with Crippen LogP contribution in [0.1, 0.15) is 0 Å². The minimum Gasteiger partial charge on any atom is -1.00 e. The molecule has 0 unspecified atom stereocenters. The summed E-state index contributed by atoms with van der Waals surface area (Å²) in [5, 5.41) is 0. The molecule has 1 N–H and O–H groups in total. The van der Waals surface area contributed by atoms with E-state index in [9.17, 15) is 13.2 Å². The van der Waals surface area contributed by atoms with Gasteiger partial charge in [0.25, 0.3) is 0 Å². The van der Waals surface area contributed by atoms with Crippen LogP contribution in [0.5, 0.6) is 5.75 Å². The summed E-state index contributed by atoms with van der Waals surface area (Å²) in [5.74, 6) is 0.348. The Morgan fingerprint density at radius 1 is 1.12 bits per heavy atom. The molecule has 92 valence electrons. The maximum atomic E-state index is 11.9. The Morgan fingerprint density at radius 3 is 2.24 bits per heavy atom. The molecule has 0 saturated carbocycles. The molecule has 0 aliphatic heterocycles. The van der Waals surface area contributed by atoms with Crippen molar-refractivity contribution < 1.29 is 41.9 Å². The van der Waals surface area contributed by atoms with E-state index in [2.05, 4.69) is 14.7 Å². The summed E-state index contributed by atoms with van der Waals surface area (Å²) in [6.45, 7) is 0. The van der Waals surface area contributed by atoms with Crippen LogP contribution in [0.4, 0.5) is 13.2 Å². The van der Waals surface area contributed by atoms with Gasteiger partial charge in [0.15, 0.2) is 0 Å². The number of benzene rings is 1. The van der Waals surface area contributed by atoms with Crippen molar-refractivity contribution in [3.05, 3.63) is 36.7 Å². The van der Waals surface area contributed by atoms with E-state index in [1.165, 1.54) is 24.3 Å². The van der Waals surface area contributed by atoms with Gasteiger partial charge in [-0.2, -0.15) is 0 Å². The number of halogens is 4. The number of H-pyrrole nitrogens is 1. The molecule has 1 aromatic carbocycles. The average Bonchev–Trinajstić information content (AvgIpc) is 2.69. The van der Waals surface area contributed by atoms with Crippen LogP contribution < -0.4 is 28.7 Å². The molecule has 0 bridgehead atoms. The van der Waals surface area contributed by atoms with E-state index < -0.39 is 6.36 Å². The van der Waals surface area contributed by atoms with Gasteiger partial charge < -0.3 is 33.7 Å². The Morgan fingerprint density at radius 2 is 1.76 bits per heavy atom. The maximum absolute atomic E-state index is 11.9. The minimum atomic E-state index is -4.66. The molecular weight excluding hydrogens is 348 g/mol. The van der Waals surface area contributed by atoms with Crippen LogP contribution in [-0.4, -0.2) is 16.3 Å². The number of aromatic amines is 1. The van der Waals surface area contributed by atoms with Crippen LogP contribution in [-0.2, 0) is 0 Å². The second-order valence-electron chi connectivity index (χ2n) is 3.01. The van der Waals surface area contributed by atoms with Gasteiger partial charge >= 0.3 is 6.36 Å². The largest absolute Gasteiger partial charge is 1.00 e. The zero-order chi connectivity index (χ0) is 11.6. The first-order chi connectivity index (χ1) is 7.54. The molecular formula is C10H7F3IN2O-. The molecule has 0 aliphatic rings. The molecule has 3 nitrogen and oxygen atoms in total. The third kappa shape index (κ3) is 3.91. The first-order valence-corrected chi connectivity index (χ1v) is 4.40. The van der Waals surface area contributed by atoms with Crippen molar-refractivity contribution in [2.45, 2.75) is 6.36 Å². The lowest BCUT2D eigenvalue weighted by atomic mass is 10.2. The topological polar surface area (TPSA) is 37.9 Å². The number of hydrogen-bond acceptors (Lipinski definition) is 2. The fourth-order valence-corrected chi connectivity index (χ4v) is 1.24. The molecule has 0 aliphatic carbocycles.